The molecule has 0 spiro atoms. The van der Waals surface area contributed by atoms with Gasteiger partial charge in [0.1, 0.15) is 0 Å². The highest BCUT2D eigenvalue weighted by Gasteiger charge is 2.44. The first kappa shape index (κ1) is 7.60. The first-order valence-corrected chi connectivity index (χ1v) is 4.93. The molecule has 0 heterocycles. The lowest BCUT2D eigenvalue weighted by Crippen LogP contribution is -2.42. The summed E-state index contributed by atoms with van der Waals surface area (Å²) in [5.41, 5.74) is 0.487. The van der Waals surface area contributed by atoms with Crippen LogP contribution in [-0.4, -0.2) is 12.6 Å². The second-order valence-corrected chi connectivity index (χ2v) is 4.60. The molecule has 2 fully saturated rings. The van der Waals surface area contributed by atoms with E-state index in [4.69, 9.17) is 0 Å². The second kappa shape index (κ2) is 2.48. The minimum atomic E-state index is 0.487. The van der Waals surface area contributed by atoms with E-state index < -0.39 is 0 Å². The molecule has 0 saturated heterocycles. The second-order valence-electron chi connectivity index (χ2n) is 4.60. The molecule has 3 atom stereocenters. The van der Waals surface area contributed by atoms with Crippen LogP contribution in [0.4, 0.5) is 0 Å². The van der Waals surface area contributed by atoms with Crippen molar-refractivity contribution in [2.24, 2.45) is 11.8 Å². The van der Waals surface area contributed by atoms with E-state index in [-0.39, 0.29) is 0 Å². The molecule has 0 aromatic rings. The molecule has 0 aromatic heterocycles. The summed E-state index contributed by atoms with van der Waals surface area (Å²) in [4.78, 5) is 0. The molecule has 2 bridgehead atoms. The predicted octanol–water partition coefficient (Wildman–Crippen LogP) is 2.17. The Labute approximate surface area is 69.6 Å². The largest absolute Gasteiger partial charge is 0.314 e. The number of fused-ring (bicyclic) bond motifs is 2. The maximum atomic E-state index is 3.51. The summed E-state index contributed by atoms with van der Waals surface area (Å²) in [5, 5.41) is 3.51. The highest BCUT2D eigenvalue weighted by Crippen LogP contribution is 2.47. The van der Waals surface area contributed by atoms with Gasteiger partial charge >= 0.3 is 0 Å². The van der Waals surface area contributed by atoms with Crippen molar-refractivity contribution in [3.05, 3.63) is 0 Å². The molecule has 11 heavy (non-hydrogen) atoms. The third kappa shape index (κ3) is 1.10. The van der Waals surface area contributed by atoms with E-state index >= 15 is 0 Å². The van der Waals surface area contributed by atoms with Crippen LogP contribution < -0.4 is 5.32 Å². The van der Waals surface area contributed by atoms with E-state index in [0.29, 0.717) is 5.54 Å². The zero-order valence-electron chi connectivity index (χ0n) is 7.69. The van der Waals surface area contributed by atoms with Gasteiger partial charge in [-0.05, 0) is 45.1 Å². The third-order valence-corrected chi connectivity index (χ3v) is 3.97. The van der Waals surface area contributed by atoms with E-state index in [2.05, 4.69) is 19.3 Å². The van der Waals surface area contributed by atoms with Crippen molar-refractivity contribution in [1.82, 2.24) is 5.32 Å². The Balaban J connectivity index is 2.14. The zero-order chi connectivity index (χ0) is 7.90. The molecule has 0 aliphatic heterocycles. The molecule has 2 unspecified atom stereocenters. The van der Waals surface area contributed by atoms with Gasteiger partial charge in [0.25, 0.3) is 0 Å². The molecule has 1 nitrogen and oxygen atoms in total. The fourth-order valence-corrected chi connectivity index (χ4v) is 3.13. The number of hydrogen-bond donors (Lipinski definition) is 1. The van der Waals surface area contributed by atoms with Gasteiger partial charge in [0.05, 0.1) is 0 Å². The van der Waals surface area contributed by atoms with Gasteiger partial charge in [0, 0.05) is 5.54 Å². The minimum Gasteiger partial charge on any atom is -0.314 e. The molecule has 0 radical (unpaired) electrons. The monoisotopic (exact) mass is 153 g/mol. The van der Waals surface area contributed by atoms with Crippen LogP contribution in [0.25, 0.3) is 0 Å². The Bertz CT molecular complexity index is 155. The molecule has 2 rings (SSSR count). The summed E-state index contributed by atoms with van der Waals surface area (Å²) < 4.78 is 0. The Morgan fingerprint density at radius 2 is 2.18 bits per heavy atom. The fourth-order valence-electron chi connectivity index (χ4n) is 3.13. The summed E-state index contributed by atoms with van der Waals surface area (Å²) >= 11 is 0. The van der Waals surface area contributed by atoms with Crippen LogP contribution in [0, 0.1) is 11.8 Å². The highest BCUT2D eigenvalue weighted by atomic mass is 15.0. The van der Waals surface area contributed by atoms with Crippen LogP contribution in [0.15, 0.2) is 0 Å². The Morgan fingerprint density at radius 3 is 2.82 bits per heavy atom. The van der Waals surface area contributed by atoms with Gasteiger partial charge in [-0.2, -0.15) is 0 Å². The van der Waals surface area contributed by atoms with Gasteiger partial charge in [-0.1, -0.05) is 12.8 Å². The van der Waals surface area contributed by atoms with E-state index in [9.17, 15) is 0 Å². The minimum absolute atomic E-state index is 0.487. The number of nitrogens with one attached hydrogen (secondary N) is 1. The molecule has 1 heteroatoms. The van der Waals surface area contributed by atoms with Gasteiger partial charge in [0.2, 0.25) is 0 Å². The van der Waals surface area contributed by atoms with E-state index in [1.54, 1.807) is 0 Å². The maximum Gasteiger partial charge on any atom is 0.0181 e. The Kier molecular flexibility index (Phi) is 1.71. The van der Waals surface area contributed by atoms with Crippen LogP contribution in [0.5, 0.6) is 0 Å². The predicted molar refractivity (Wildman–Crippen MR) is 47.5 cm³/mol. The lowest BCUT2D eigenvalue weighted by molar-refractivity contribution is 0.267. The summed E-state index contributed by atoms with van der Waals surface area (Å²) in [6.45, 7) is 2.41. The fraction of sp³-hybridized carbons (Fsp3) is 1.00. The zero-order valence-corrected chi connectivity index (χ0v) is 7.69. The molecular weight excluding hydrogens is 134 g/mol. The molecule has 2 aliphatic rings. The molecular formula is C10H19N. The van der Waals surface area contributed by atoms with Crippen molar-refractivity contribution in [1.29, 1.82) is 0 Å². The van der Waals surface area contributed by atoms with Crippen LogP contribution in [0.2, 0.25) is 0 Å². The normalized spacial score (nSPS) is 49.6. The van der Waals surface area contributed by atoms with Crippen molar-refractivity contribution < 1.29 is 0 Å². The molecule has 1 N–H and O–H groups in total. The molecule has 64 valence electrons. The van der Waals surface area contributed by atoms with Crippen LogP contribution >= 0.6 is 0 Å². The van der Waals surface area contributed by atoms with Crippen molar-refractivity contribution in [2.45, 2.75) is 44.6 Å². The number of rotatable bonds is 1. The average molecular weight is 153 g/mol. The van der Waals surface area contributed by atoms with E-state index in [0.717, 1.165) is 11.8 Å². The summed E-state index contributed by atoms with van der Waals surface area (Å²) in [6, 6.07) is 0. The topological polar surface area (TPSA) is 12.0 Å². The Morgan fingerprint density at radius 1 is 1.36 bits per heavy atom. The lowest BCUT2D eigenvalue weighted by atomic mass is 9.84. The van der Waals surface area contributed by atoms with Crippen LogP contribution in [0.1, 0.15) is 39.0 Å². The van der Waals surface area contributed by atoms with Crippen molar-refractivity contribution in [3.8, 4) is 0 Å². The van der Waals surface area contributed by atoms with Gasteiger partial charge in [-0.15, -0.1) is 0 Å². The van der Waals surface area contributed by atoms with Crippen LogP contribution in [-0.2, 0) is 0 Å². The standard InChI is InChI=1S/C10H19N/c1-10(11-2)7-8-4-3-5-9(10)6-8/h8-9,11H,3-7H2,1-2H3/t8?,9-,10?/m1/s1. The third-order valence-electron chi connectivity index (χ3n) is 3.97. The smallest absolute Gasteiger partial charge is 0.0181 e. The summed E-state index contributed by atoms with van der Waals surface area (Å²) in [7, 11) is 2.13. The van der Waals surface area contributed by atoms with Crippen molar-refractivity contribution >= 4 is 0 Å². The lowest BCUT2D eigenvalue weighted by Gasteiger charge is -2.30. The first-order valence-electron chi connectivity index (χ1n) is 4.93. The van der Waals surface area contributed by atoms with Gasteiger partial charge in [0.15, 0.2) is 0 Å². The van der Waals surface area contributed by atoms with Gasteiger partial charge in [-0.25, -0.2) is 0 Å². The molecule has 2 saturated carbocycles. The average Bonchev–Trinajstić information content (AvgIpc) is 2.25. The van der Waals surface area contributed by atoms with Crippen molar-refractivity contribution in [2.75, 3.05) is 7.05 Å². The summed E-state index contributed by atoms with van der Waals surface area (Å²) in [5.74, 6) is 2.03. The maximum absolute atomic E-state index is 3.51. The van der Waals surface area contributed by atoms with Gasteiger partial charge in [-0.3, -0.25) is 0 Å². The summed E-state index contributed by atoms with van der Waals surface area (Å²) in [6.07, 6.45) is 7.36. The first-order chi connectivity index (χ1) is 5.24. The molecule has 0 aromatic carbocycles. The highest BCUT2D eigenvalue weighted by molar-refractivity contribution is 5.00. The molecule has 0 amide bonds. The number of hydrogen-bond acceptors (Lipinski definition) is 1. The quantitative estimate of drug-likeness (QED) is 0.609. The molecule has 2 aliphatic carbocycles. The van der Waals surface area contributed by atoms with Crippen LogP contribution in [0.3, 0.4) is 0 Å². The van der Waals surface area contributed by atoms with Gasteiger partial charge < -0.3 is 5.32 Å². The van der Waals surface area contributed by atoms with E-state index in [1.165, 1.54) is 32.1 Å². The Hall–Kier alpha value is -0.0400. The SMILES string of the molecule is CNC1(C)CC2CCC[C@@H]1C2. The van der Waals surface area contributed by atoms with E-state index in [1.807, 2.05) is 0 Å². The van der Waals surface area contributed by atoms with Crippen molar-refractivity contribution in [3.63, 3.8) is 0 Å².